The number of hydrogen-bond donors (Lipinski definition) is 1. The SMILES string of the molecule is CCCOc1ccc([C@@H]2CC(=O)N3C(=C2C#N)SC[C@]3(O)c2ccc(OCC)cc2)cc1OC. The third-order valence-electron chi connectivity index (χ3n) is 5.99. The van der Waals surface area contributed by atoms with Crippen molar-refractivity contribution in [3.05, 3.63) is 64.2 Å². The number of amides is 1. The van der Waals surface area contributed by atoms with Crippen LogP contribution in [0.1, 0.15) is 43.7 Å². The van der Waals surface area contributed by atoms with E-state index in [0.717, 1.165) is 12.0 Å². The zero-order valence-electron chi connectivity index (χ0n) is 19.5. The van der Waals surface area contributed by atoms with E-state index in [0.29, 0.717) is 46.6 Å². The minimum absolute atomic E-state index is 0.0740. The molecule has 178 valence electrons. The van der Waals surface area contributed by atoms with Crippen LogP contribution in [-0.4, -0.2) is 42.0 Å². The molecule has 2 aromatic rings. The Morgan fingerprint density at radius 1 is 1.18 bits per heavy atom. The molecule has 1 fully saturated rings. The molecule has 2 aromatic carbocycles. The lowest BCUT2D eigenvalue weighted by Gasteiger charge is -2.38. The average molecular weight is 481 g/mol. The van der Waals surface area contributed by atoms with E-state index < -0.39 is 11.6 Å². The van der Waals surface area contributed by atoms with Crippen LogP contribution in [0.2, 0.25) is 0 Å². The highest BCUT2D eigenvalue weighted by atomic mass is 32.2. The summed E-state index contributed by atoms with van der Waals surface area (Å²) in [6.07, 6.45) is 0.946. The number of nitrogens with zero attached hydrogens (tertiary/aromatic N) is 2. The maximum atomic E-state index is 13.4. The molecule has 0 aliphatic carbocycles. The minimum atomic E-state index is -1.52. The fourth-order valence-corrected chi connectivity index (χ4v) is 5.70. The Morgan fingerprint density at radius 3 is 2.59 bits per heavy atom. The van der Waals surface area contributed by atoms with Crippen molar-refractivity contribution >= 4 is 17.7 Å². The number of allylic oxidation sites excluding steroid dienone is 1. The summed E-state index contributed by atoms with van der Waals surface area (Å²) in [7, 11) is 1.57. The van der Waals surface area contributed by atoms with Crippen LogP contribution in [0.3, 0.4) is 0 Å². The molecule has 2 atom stereocenters. The summed E-state index contributed by atoms with van der Waals surface area (Å²) < 4.78 is 16.7. The largest absolute Gasteiger partial charge is 0.494 e. The second-order valence-electron chi connectivity index (χ2n) is 8.14. The van der Waals surface area contributed by atoms with Crippen LogP contribution in [0, 0.1) is 11.3 Å². The number of benzene rings is 2. The fourth-order valence-electron chi connectivity index (χ4n) is 4.34. The van der Waals surface area contributed by atoms with Crippen LogP contribution in [0.15, 0.2) is 53.1 Å². The van der Waals surface area contributed by atoms with E-state index in [1.165, 1.54) is 16.7 Å². The van der Waals surface area contributed by atoms with Crippen molar-refractivity contribution in [1.29, 1.82) is 5.26 Å². The highest BCUT2D eigenvalue weighted by Crippen LogP contribution is 2.52. The van der Waals surface area contributed by atoms with Gasteiger partial charge in [-0.25, -0.2) is 0 Å². The van der Waals surface area contributed by atoms with Gasteiger partial charge in [0, 0.05) is 17.9 Å². The Kier molecular flexibility index (Phi) is 7.05. The molecule has 2 heterocycles. The molecule has 0 aromatic heterocycles. The molecule has 2 aliphatic rings. The first kappa shape index (κ1) is 24.0. The van der Waals surface area contributed by atoms with E-state index >= 15 is 0 Å². The Labute approximate surface area is 203 Å². The molecule has 0 spiro atoms. The van der Waals surface area contributed by atoms with Gasteiger partial charge in [0.05, 0.1) is 42.7 Å². The van der Waals surface area contributed by atoms with Gasteiger partial charge < -0.3 is 19.3 Å². The summed E-state index contributed by atoms with van der Waals surface area (Å²) in [6, 6.07) is 14.9. The Balaban J connectivity index is 1.69. The van der Waals surface area contributed by atoms with Crippen molar-refractivity contribution in [2.75, 3.05) is 26.1 Å². The molecular weight excluding hydrogens is 452 g/mol. The number of thioether (sulfide) groups is 1. The first-order valence-electron chi connectivity index (χ1n) is 11.3. The number of aliphatic hydroxyl groups is 1. The molecule has 0 saturated carbocycles. The average Bonchev–Trinajstić information content (AvgIpc) is 3.22. The molecule has 2 aliphatic heterocycles. The van der Waals surface area contributed by atoms with E-state index in [1.54, 1.807) is 31.4 Å². The monoisotopic (exact) mass is 480 g/mol. The summed E-state index contributed by atoms with van der Waals surface area (Å²) in [6.45, 7) is 5.04. The van der Waals surface area contributed by atoms with Gasteiger partial charge in [0.25, 0.3) is 0 Å². The van der Waals surface area contributed by atoms with Gasteiger partial charge in [-0.1, -0.05) is 25.1 Å². The summed E-state index contributed by atoms with van der Waals surface area (Å²) in [5.41, 5.74) is 0.331. The summed E-state index contributed by atoms with van der Waals surface area (Å²) in [4.78, 5) is 14.8. The Morgan fingerprint density at radius 2 is 1.94 bits per heavy atom. The van der Waals surface area contributed by atoms with Crippen LogP contribution in [0.4, 0.5) is 0 Å². The third kappa shape index (κ3) is 4.22. The van der Waals surface area contributed by atoms with Crippen LogP contribution >= 0.6 is 11.8 Å². The molecule has 8 heteroatoms. The van der Waals surface area contributed by atoms with E-state index in [4.69, 9.17) is 14.2 Å². The highest BCUT2D eigenvalue weighted by molar-refractivity contribution is 8.03. The summed E-state index contributed by atoms with van der Waals surface area (Å²) in [5.74, 6) is 1.47. The molecule has 0 unspecified atom stereocenters. The van der Waals surface area contributed by atoms with Gasteiger partial charge in [-0.3, -0.25) is 9.69 Å². The fraction of sp³-hybridized carbons (Fsp3) is 0.385. The van der Waals surface area contributed by atoms with Crippen molar-refractivity contribution in [2.45, 2.75) is 38.3 Å². The lowest BCUT2D eigenvalue weighted by Crippen LogP contribution is -2.48. The van der Waals surface area contributed by atoms with Gasteiger partial charge in [-0.2, -0.15) is 5.26 Å². The molecule has 0 radical (unpaired) electrons. The van der Waals surface area contributed by atoms with E-state index in [9.17, 15) is 15.2 Å². The molecule has 34 heavy (non-hydrogen) atoms. The van der Waals surface area contributed by atoms with Gasteiger partial charge >= 0.3 is 0 Å². The van der Waals surface area contributed by atoms with Crippen molar-refractivity contribution in [2.24, 2.45) is 0 Å². The molecule has 7 nitrogen and oxygen atoms in total. The van der Waals surface area contributed by atoms with Gasteiger partial charge in [-0.15, -0.1) is 11.8 Å². The number of nitriles is 1. The lowest BCUT2D eigenvalue weighted by molar-refractivity contribution is -0.149. The minimum Gasteiger partial charge on any atom is -0.494 e. The predicted octanol–water partition coefficient (Wildman–Crippen LogP) is 4.53. The van der Waals surface area contributed by atoms with E-state index in [2.05, 4.69) is 6.07 Å². The number of carbonyl (C=O) groups is 1. The highest BCUT2D eigenvalue weighted by Gasteiger charge is 2.51. The van der Waals surface area contributed by atoms with Crippen LogP contribution in [0.5, 0.6) is 17.2 Å². The van der Waals surface area contributed by atoms with Crippen LogP contribution in [0.25, 0.3) is 0 Å². The second kappa shape index (κ2) is 10.00. The maximum Gasteiger partial charge on any atom is 0.231 e. The van der Waals surface area contributed by atoms with Crippen molar-refractivity contribution < 1.29 is 24.1 Å². The van der Waals surface area contributed by atoms with Crippen molar-refractivity contribution in [1.82, 2.24) is 4.90 Å². The second-order valence-corrected chi connectivity index (χ2v) is 9.10. The van der Waals surface area contributed by atoms with Crippen molar-refractivity contribution in [3.8, 4) is 23.3 Å². The zero-order chi connectivity index (χ0) is 24.3. The van der Waals surface area contributed by atoms with Crippen LogP contribution < -0.4 is 14.2 Å². The van der Waals surface area contributed by atoms with Crippen LogP contribution in [-0.2, 0) is 10.5 Å². The van der Waals surface area contributed by atoms with Gasteiger partial charge in [0.1, 0.15) is 5.75 Å². The molecule has 4 rings (SSSR count). The normalized spacial score (nSPS) is 21.8. The summed E-state index contributed by atoms with van der Waals surface area (Å²) in [5, 5.41) is 22.2. The summed E-state index contributed by atoms with van der Waals surface area (Å²) >= 11 is 1.33. The number of fused-ring (bicyclic) bond motifs is 1. The van der Waals surface area contributed by atoms with Gasteiger partial charge in [0.15, 0.2) is 17.2 Å². The Bertz CT molecular complexity index is 1140. The van der Waals surface area contributed by atoms with E-state index in [-0.39, 0.29) is 18.1 Å². The quantitative estimate of drug-likeness (QED) is 0.594. The first-order chi connectivity index (χ1) is 16.5. The number of ether oxygens (including phenoxy) is 3. The van der Waals surface area contributed by atoms with Gasteiger partial charge in [0.2, 0.25) is 5.91 Å². The number of rotatable bonds is 8. The molecule has 1 N–H and O–H groups in total. The zero-order valence-corrected chi connectivity index (χ0v) is 20.4. The lowest BCUT2D eigenvalue weighted by atomic mass is 9.85. The molecular formula is C26H28N2O5S. The van der Waals surface area contributed by atoms with Gasteiger partial charge in [-0.05, 0) is 43.2 Å². The first-order valence-corrected chi connectivity index (χ1v) is 12.3. The standard InChI is InChI=1S/C26H28N2O5S/c1-4-12-33-22-11-6-17(13-23(22)31-3)20-14-24(29)28-25(21(20)15-27)34-16-26(28,30)18-7-9-19(10-8-18)32-5-2/h6-11,13,20,30H,4-5,12,14,16H2,1-3H3/t20-,26-/m0/s1. The topological polar surface area (TPSA) is 92.0 Å². The third-order valence-corrected chi connectivity index (χ3v) is 7.21. The molecule has 1 saturated heterocycles. The molecule has 0 bridgehead atoms. The maximum absolute atomic E-state index is 13.4. The Hall–Kier alpha value is -3.15. The smallest absolute Gasteiger partial charge is 0.231 e. The predicted molar refractivity (Wildman–Crippen MR) is 130 cm³/mol. The van der Waals surface area contributed by atoms with E-state index in [1.807, 2.05) is 32.0 Å². The number of carbonyl (C=O) groups excluding carboxylic acids is 1. The molecule has 1 amide bonds. The number of hydrogen-bond acceptors (Lipinski definition) is 7. The number of methoxy groups -OCH3 is 1. The van der Waals surface area contributed by atoms with Crippen molar-refractivity contribution in [3.63, 3.8) is 0 Å².